The van der Waals surface area contributed by atoms with E-state index in [-0.39, 0.29) is 18.6 Å². The van der Waals surface area contributed by atoms with Gasteiger partial charge in [0.2, 0.25) is 0 Å². The second-order valence-electron chi connectivity index (χ2n) is 8.71. The third-order valence-electron chi connectivity index (χ3n) is 7.76. The summed E-state index contributed by atoms with van der Waals surface area (Å²) in [6, 6.07) is 7.32. The molecule has 1 N–H and O–H groups in total. The number of aryl methyl sites for hydroxylation is 1. The van der Waals surface area contributed by atoms with Crippen molar-refractivity contribution in [3.8, 4) is 5.75 Å². The average Bonchev–Trinajstić information content (AvgIpc) is 2.94. The summed E-state index contributed by atoms with van der Waals surface area (Å²) in [5, 5.41) is 11.4. The number of nitrogens with zero attached hydrogens (tertiary/aromatic N) is 2. The van der Waals surface area contributed by atoms with E-state index in [1.807, 2.05) is 0 Å². The van der Waals surface area contributed by atoms with Crippen molar-refractivity contribution < 1.29 is 14.6 Å². The van der Waals surface area contributed by atoms with Gasteiger partial charge in [-0.1, -0.05) is 0 Å². The van der Waals surface area contributed by atoms with Crippen LogP contribution >= 0.6 is 0 Å². The molecule has 2 bridgehead atoms. The predicted molar refractivity (Wildman–Crippen MR) is 105 cm³/mol. The van der Waals surface area contributed by atoms with Gasteiger partial charge in [0.15, 0.2) is 0 Å². The lowest BCUT2D eigenvalue weighted by Gasteiger charge is -2.56. The Balaban J connectivity index is 1.64. The maximum atomic E-state index is 10.0. The zero-order chi connectivity index (χ0) is 18.9. The number of hydrogen-bond donors (Lipinski definition) is 1. The second kappa shape index (κ2) is 6.23. The molecule has 0 radical (unpaired) electrons. The van der Waals surface area contributed by atoms with Gasteiger partial charge in [0.1, 0.15) is 5.75 Å². The molecule has 4 heterocycles. The largest absolute Gasteiger partial charge is 0.497 e. The fourth-order valence-electron chi connectivity index (χ4n) is 6.26. The maximum Gasteiger partial charge on any atom is 0.119 e. The highest BCUT2D eigenvalue weighted by atomic mass is 16.5. The lowest BCUT2D eigenvalue weighted by Crippen LogP contribution is -2.59. The van der Waals surface area contributed by atoms with Crippen LogP contribution in [0, 0.1) is 17.8 Å². The Kier molecular flexibility index (Phi) is 4.04. The highest BCUT2D eigenvalue weighted by Crippen LogP contribution is 2.52. The summed E-state index contributed by atoms with van der Waals surface area (Å²) in [6.07, 6.45) is 2.30. The Morgan fingerprint density at radius 2 is 2.07 bits per heavy atom. The van der Waals surface area contributed by atoms with Gasteiger partial charge in [-0.15, -0.1) is 0 Å². The lowest BCUT2D eigenvalue weighted by atomic mass is 9.64. The standard InChI is InChI=1S/C22H30N2O3/c1-12-17(10-25)14-8-21-22-16(9-20(23(21)2)18(14)11-27-12)15-7-13(26-4)5-6-19(15)24(22)3/h5-7,12,14,17-18,20-21,25H,8-11H2,1-4H3/t12-,14-,17-,18+,20-,21-/m0/s1. The van der Waals surface area contributed by atoms with E-state index in [1.165, 1.54) is 22.2 Å². The molecule has 3 aliphatic heterocycles. The number of likely N-dealkylation sites (N-methyl/N-ethyl adjacent to an activating group) is 1. The van der Waals surface area contributed by atoms with Gasteiger partial charge >= 0.3 is 0 Å². The van der Waals surface area contributed by atoms with Crippen molar-refractivity contribution in [2.24, 2.45) is 24.8 Å². The van der Waals surface area contributed by atoms with Crippen molar-refractivity contribution in [3.63, 3.8) is 0 Å². The Morgan fingerprint density at radius 1 is 1.26 bits per heavy atom. The first-order chi connectivity index (χ1) is 13.0. The van der Waals surface area contributed by atoms with E-state index < -0.39 is 0 Å². The third kappa shape index (κ3) is 2.35. The number of ether oxygens (including phenoxy) is 2. The van der Waals surface area contributed by atoms with Crippen molar-refractivity contribution in [1.82, 2.24) is 9.47 Å². The molecule has 5 rings (SSSR count). The number of hydrogen-bond acceptors (Lipinski definition) is 4. The summed E-state index contributed by atoms with van der Waals surface area (Å²) in [6.45, 7) is 3.16. The first-order valence-corrected chi connectivity index (χ1v) is 10.1. The zero-order valence-corrected chi connectivity index (χ0v) is 16.7. The van der Waals surface area contributed by atoms with E-state index in [0.717, 1.165) is 25.2 Å². The van der Waals surface area contributed by atoms with Gasteiger partial charge in [-0.25, -0.2) is 0 Å². The molecule has 0 unspecified atom stereocenters. The summed E-state index contributed by atoms with van der Waals surface area (Å²) in [5.41, 5.74) is 4.22. The SMILES string of the molecule is COc1ccc2c(c1)c1c(n2C)[C@@H]2C[C@H]3[C@@H](CO)[C@H](C)OC[C@H]3[C@H](C1)N2C. The molecular weight excluding hydrogens is 340 g/mol. The number of piperidine rings is 1. The number of aliphatic hydroxyl groups excluding tert-OH is 1. The minimum Gasteiger partial charge on any atom is -0.497 e. The molecular formula is C22H30N2O3. The molecule has 0 spiro atoms. The van der Waals surface area contributed by atoms with Crippen LogP contribution in [0.3, 0.4) is 0 Å². The van der Waals surface area contributed by atoms with Crippen molar-refractivity contribution in [2.75, 3.05) is 27.4 Å². The van der Waals surface area contributed by atoms with Gasteiger partial charge in [0, 0.05) is 48.1 Å². The van der Waals surface area contributed by atoms with E-state index >= 15 is 0 Å². The lowest BCUT2D eigenvalue weighted by molar-refractivity contribution is -0.150. The van der Waals surface area contributed by atoms with E-state index in [0.29, 0.717) is 23.9 Å². The molecule has 2 aromatic rings. The molecule has 2 fully saturated rings. The number of benzene rings is 1. The number of aromatic nitrogens is 1. The molecule has 5 heteroatoms. The monoisotopic (exact) mass is 370 g/mol. The van der Waals surface area contributed by atoms with Crippen LogP contribution in [0.15, 0.2) is 18.2 Å². The summed E-state index contributed by atoms with van der Waals surface area (Å²) in [4.78, 5) is 2.58. The fourth-order valence-corrected chi connectivity index (χ4v) is 6.26. The van der Waals surface area contributed by atoms with Crippen LogP contribution in [0.4, 0.5) is 0 Å². The molecule has 0 aliphatic carbocycles. The van der Waals surface area contributed by atoms with Crippen LogP contribution in [0.5, 0.6) is 5.75 Å². The van der Waals surface area contributed by atoms with Gasteiger partial charge in [-0.3, -0.25) is 4.90 Å². The van der Waals surface area contributed by atoms with E-state index in [9.17, 15) is 5.11 Å². The van der Waals surface area contributed by atoms with Crippen molar-refractivity contribution >= 4 is 10.9 Å². The molecule has 27 heavy (non-hydrogen) atoms. The van der Waals surface area contributed by atoms with Crippen LogP contribution in [-0.2, 0) is 18.2 Å². The molecule has 0 saturated carbocycles. The van der Waals surface area contributed by atoms with E-state index in [1.54, 1.807) is 7.11 Å². The smallest absolute Gasteiger partial charge is 0.119 e. The van der Waals surface area contributed by atoms with Crippen LogP contribution in [0.2, 0.25) is 0 Å². The predicted octanol–water partition coefficient (Wildman–Crippen LogP) is 2.75. The topological polar surface area (TPSA) is 46.9 Å². The molecule has 1 aromatic carbocycles. The van der Waals surface area contributed by atoms with Crippen LogP contribution in [0.25, 0.3) is 10.9 Å². The van der Waals surface area contributed by atoms with Crippen LogP contribution in [0.1, 0.15) is 30.6 Å². The first kappa shape index (κ1) is 17.5. The van der Waals surface area contributed by atoms with E-state index in [2.05, 4.69) is 48.7 Å². The fraction of sp³-hybridized carbons (Fsp3) is 0.636. The highest BCUT2D eigenvalue weighted by molar-refractivity contribution is 5.87. The molecule has 6 atom stereocenters. The Hall–Kier alpha value is -1.56. The molecule has 5 nitrogen and oxygen atoms in total. The molecule has 0 amide bonds. The molecule has 146 valence electrons. The summed E-state index contributed by atoms with van der Waals surface area (Å²) < 4.78 is 14.0. The number of fused-ring (bicyclic) bond motifs is 8. The Morgan fingerprint density at radius 3 is 2.81 bits per heavy atom. The van der Waals surface area contributed by atoms with Gasteiger partial charge in [0.25, 0.3) is 0 Å². The van der Waals surface area contributed by atoms with Crippen molar-refractivity contribution in [1.29, 1.82) is 0 Å². The summed E-state index contributed by atoms with van der Waals surface area (Å²) in [5.74, 6) is 2.20. The second-order valence-corrected chi connectivity index (χ2v) is 8.71. The number of rotatable bonds is 2. The average molecular weight is 370 g/mol. The number of methoxy groups -OCH3 is 1. The van der Waals surface area contributed by atoms with Gasteiger partial charge in [-0.2, -0.15) is 0 Å². The number of aliphatic hydroxyl groups is 1. The molecule has 1 aromatic heterocycles. The third-order valence-corrected chi connectivity index (χ3v) is 7.76. The normalized spacial score (nSPS) is 35.7. The van der Waals surface area contributed by atoms with Crippen LogP contribution in [-0.4, -0.2) is 54.1 Å². The van der Waals surface area contributed by atoms with Crippen molar-refractivity contribution in [2.45, 2.75) is 38.0 Å². The zero-order valence-electron chi connectivity index (χ0n) is 16.7. The minimum absolute atomic E-state index is 0.150. The first-order valence-electron chi connectivity index (χ1n) is 10.1. The minimum atomic E-state index is 0.150. The molecule has 3 aliphatic rings. The Bertz CT molecular complexity index is 876. The quantitative estimate of drug-likeness (QED) is 0.883. The van der Waals surface area contributed by atoms with Crippen LogP contribution < -0.4 is 4.74 Å². The summed E-state index contributed by atoms with van der Waals surface area (Å²) >= 11 is 0. The van der Waals surface area contributed by atoms with E-state index in [4.69, 9.17) is 9.47 Å². The Labute approximate surface area is 160 Å². The van der Waals surface area contributed by atoms with Gasteiger partial charge < -0.3 is 19.1 Å². The van der Waals surface area contributed by atoms with Crippen molar-refractivity contribution in [3.05, 3.63) is 29.5 Å². The van der Waals surface area contributed by atoms with Gasteiger partial charge in [-0.05, 0) is 56.5 Å². The maximum absolute atomic E-state index is 10.0. The molecule has 2 saturated heterocycles. The van der Waals surface area contributed by atoms with Gasteiger partial charge in [0.05, 0.1) is 25.9 Å². The highest BCUT2D eigenvalue weighted by Gasteiger charge is 2.51. The summed E-state index contributed by atoms with van der Waals surface area (Å²) in [7, 11) is 6.21.